The molecule has 0 saturated heterocycles. The Morgan fingerprint density at radius 1 is 1.07 bits per heavy atom. The van der Waals surface area contributed by atoms with Gasteiger partial charge in [-0.3, -0.25) is 9.88 Å². The number of hydrogen-bond donors (Lipinski definition) is 0. The summed E-state index contributed by atoms with van der Waals surface area (Å²) in [7, 11) is 1.95. The largest absolute Gasteiger partial charge is 0.359 e. The van der Waals surface area contributed by atoms with E-state index in [1.807, 2.05) is 42.4 Å². The monoisotopic (exact) mass is 363 g/mol. The van der Waals surface area contributed by atoms with Gasteiger partial charge in [0.2, 0.25) is 0 Å². The van der Waals surface area contributed by atoms with Crippen molar-refractivity contribution < 1.29 is 8.91 Å². The van der Waals surface area contributed by atoms with Gasteiger partial charge in [-0.05, 0) is 49.0 Å². The fourth-order valence-electron chi connectivity index (χ4n) is 2.97. The number of halogens is 1. The molecule has 3 heterocycles. The molecule has 0 amide bonds. The summed E-state index contributed by atoms with van der Waals surface area (Å²) in [4.78, 5) is 6.05. The smallest absolute Gasteiger partial charge is 0.151 e. The van der Waals surface area contributed by atoms with Crippen LogP contribution in [-0.2, 0) is 13.1 Å². The number of rotatable bonds is 6. The number of nitrogens with zero attached hydrogens (tertiary/aromatic N) is 5. The molecule has 0 saturated carbocycles. The molecular weight excluding hydrogens is 345 g/mol. The summed E-state index contributed by atoms with van der Waals surface area (Å²) in [6, 6.07) is 12.2. The Balaban J connectivity index is 1.50. The predicted octanol–water partition coefficient (Wildman–Crippen LogP) is 3.69. The van der Waals surface area contributed by atoms with E-state index < -0.39 is 0 Å². The molecule has 4 aromatic rings. The summed E-state index contributed by atoms with van der Waals surface area (Å²) in [5.74, 6) is 0.468. The van der Waals surface area contributed by atoms with Gasteiger partial charge in [-0.25, -0.2) is 9.07 Å². The van der Waals surface area contributed by atoms with Crippen LogP contribution in [0.25, 0.3) is 16.9 Å². The van der Waals surface area contributed by atoms with E-state index in [9.17, 15) is 4.39 Å². The van der Waals surface area contributed by atoms with Gasteiger partial charge in [-0.2, -0.15) is 5.10 Å². The van der Waals surface area contributed by atoms with E-state index in [4.69, 9.17) is 4.52 Å². The second-order valence-electron chi connectivity index (χ2n) is 6.31. The zero-order chi connectivity index (χ0) is 18.6. The maximum atomic E-state index is 13.8. The Labute approximate surface area is 155 Å². The molecule has 6 nitrogen and oxygen atoms in total. The average Bonchev–Trinajstić information content (AvgIpc) is 3.35. The molecule has 136 valence electrons. The van der Waals surface area contributed by atoms with E-state index >= 15 is 0 Å². The van der Waals surface area contributed by atoms with Crippen molar-refractivity contribution in [2.75, 3.05) is 7.05 Å². The van der Waals surface area contributed by atoms with Gasteiger partial charge in [0.15, 0.2) is 5.76 Å². The average molecular weight is 363 g/mol. The normalized spacial score (nSPS) is 11.2. The molecule has 1 aromatic carbocycles. The summed E-state index contributed by atoms with van der Waals surface area (Å²) < 4.78 is 21.0. The van der Waals surface area contributed by atoms with Crippen LogP contribution in [0.3, 0.4) is 0 Å². The molecule has 0 aliphatic heterocycles. The molecule has 0 aliphatic rings. The summed E-state index contributed by atoms with van der Waals surface area (Å²) >= 11 is 0. The molecule has 7 heteroatoms. The third-order valence-corrected chi connectivity index (χ3v) is 4.19. The van der Waals surface area contributed by atoms with Gasteiger partial charge in [0.25, 0.3) is 0 Å². The minimum Gasteiger partial charge on any atom is -0.359 e. The lowest BCUT2D eigenvalue weighted by molar-refractivity contribution is 0.266. The van der Waals surface area contributed by atoms with E-state index in [0.717, 1.165) is 28.3 Å². The summed E-state index contributed by atoms with van der Waals surface area (Å²) in [6.45, 7) is 1.09. The lowest BCUT2D eigenvalue weighted by atomic mass is 10.1. The van der Waals surface area contributed by atoms with Gasteiger partial charge >= 0.3 is 0 Å². The van der Waals surface area contributed by atoms with Crippen LogP contribution < -0.4 is 0 Å². The first-order chi connectivity index (χ1) is 13.2. The number of aromatic nitrogens is 4. The Hall–Kier alpha value is -3.32. The van der Waals surface area contributed by atoms with Crippen molar-refractivity contribution in [1.29, 1.82) is 0 Å². The molecule has 0 N–H and O–H groups in total. The first-order valence-corrected chi connectivity index (χ1v) is 8.52. The predicted molar refractivity (Wildman–Crippen MR) is 98.4 cm³/mol. The fourth-order valence-corrected chi connectivity index (χ4v) is 2.97. The van der Waals surface area contributed by atoms with Crippen LogP contribution in [0.4, 0.5) is 4.39 Å². The molecule has 4 rings (SSSR count). The van der Waals surface area contributed by atoms with Gasteiger partial charge in [-0.15, -0.1) is 0 Å². The Morgan fingerprint density at radius 3 is 2.70 bits per heavy atom. The Kier molecular flexibility index (Phi) is 4.76. The highest BCUT2D eigenvalue weighted by atomic mass is 19.1. The summed E-state index contributed by atoms with van der Waals surface area (Å²) in [5.41, 5.74) is 3.41. The van der Waals surface area contributed by atoms with E-state index in [1.165, 1.54) is 12.1 Å². The number of pyridine rings is 1. The molecule has 0 atom stereocenters. The SMILES string of the molecule is CN(Cc1cc(-c2ccncc2)no1)Cc1cc(F)ccc1-n1cccn1. The standard InChI is InChI=1S/C20H18FN5O/c1-25(14-18-12-19(24-27-18)15-5-8-22-9-6-15)13-16-11-17(21)3-4-20(16)26-10-2-7-23-26/h2-12H,13-14H2,1H3. The number of benzene rings is 1. The van der Waals surface area contributed by atoms with E-state index in [2.05, 4.69) is 15.2 Å². The van der Waals surface area contributed by atoms with Crippen molar-refractivity contribution in [3.8, 4) is 16.9 Å². The van der Waals surface area contributed by atoms with Gasteiger partial charge in [0.05, 0.1) is 12.2 Å². The molecule has 0 bridgehead atoms. The zero-order valence-electron chi connectivity index (χ0n) is 14.8. The van der Waals surface area contributed by atoms with Crippen LogP contribution in [0.2, 0.25) is 0 Å². The Morgan fingerprint density at radius 2 is 1.93 bits per heavy atom. The maximum absolute atomic E-state index is 13.8. The fraction of sp³-hybridized carbons (Fsp3) is 0.150. The highest BCUT2D eigenvalue weighted by Crippen LogP contribution is 2.21. The molecule has 0 aliphatic carbocycles. The van der Waals surface area contributed by atoms with Crippen molar-refractivity contribution >= 4 is 0 Å². The van der Waals surface area contributed by atoms with Crippen LogP contribution in [-0.4, -0.2) is 31.9 Å². The third-order valence-electron chi connectivity index (χ3n) is 4.19. The van der Waals surface area contributed by atoms with Crippen molar-refractivity contribution in [3.63, 3.8) is 0 Å². The Bertz CT molecular complexity index is 1010. The molecule has 27 heavy (non-hydrogen) atoms. The highest BCUT2D eigenvalue weighted by Gasteiger charge is 2.13. The summed E-state index contributed by atoms with van der Waals surface area (Å²) in [5, 5.41) is 8.36. The van der Waals surface area contributed by atoms with Crippen molar-refractivity contribution in [3.05, 3.63) is 84.4 Å². The van der Waals surface area contributed by atoms with Crippen molar-refractivity contribution in [2.24, 2.45) is 0 Å². The lowest BCUT2D eigenvalue weighted by Crippen LogP contribution is -2.18. The van der Waals surface area contributed by atoms with Gasteiger partial charge in [0, 0.05) is 43.0 Å². The molecule has 0 unspecified atom stereocenters. The minimum absolute atomic E-state index is 0.269. The second-order valence-corrected chi connectivity index (χ2v) is 6.31. The molecular formula is C20H18FN5O. The lowest BCUT2D eigenvalue weighted by Gasteiger charge is -2.17. The first-order valence-electron chi connectivity index (χ1n) is 8.52. The van der Waals surface area contributed by atoms with Crippen LogP contribution in [0, 0.1) is 5.82 Å². The highest BCUT2D eigenvalue weighted by molar-refractivity contribution is 5.57. The zero-order valence-corrected chi connectivity index (χ0v) is 14.8. The van der Waals surface area contributed by atoms with E-state index in [-0.39, 0.29) is 5.82 Å². The topological polar surface area (TPSA) is 60.0 Å². The third kappa shape index (κ3) is 3.93. The minimum atomic E-state index is -0.269. The van der Waals surface area contributed by atoms with Crippen LogP contribution in [0.15, 0.2) is 71.8 Å². The quantitative estimate of drug-likeness (QED) is 0.523. The summed E-state index contributed by atoms with van der Waals surface area (Å²) in [6.07, 6.45) is 6.98. The van der Waals surface area contributed by atoms with Gasteiger partial charge in [0.1, 0.15) is 11.5 Å². The van der Waals surface area contributed by atoms with Crippen molar-refractivity contribution in [2.45, 2.75) is 13.1 Å². The molecule has 0 spiro atoms. The molecule has 3 aromatic heterocycles. The van der Waals surface area contributed by atoms with Gasteiger partial charge < -0.3 is 4.52 Å². The second kappa shape index (κ2) is 7.51. The van der Waals surface area contributed by atoms with Gasteiger partial charge in [-0.1, -0.05) is 5.16 Å². The van der Waals surface area contributed by atoms with Crippen LogP contribution >= 0.6 is 0 Å². The number of hydrogen-bond acceptors (Lipinski definition) is 5. The van der Waals surface area contributed by atoms with Crippen LogP contribution in [0.5, 0.6) is 0 Å². The van der Waals surface area contributed by atoms with E-state index in [0.29, 0.717) is 13.1 Å². The van der Waals surface area contributed by atoms with Crippen molar-refractivity contribution in [1.82, 2.24) is 24.8 Å². The van der Waals surface area contributed by atoms with E-state index in [1.54, 1.807) is 29.3 Å². The molecule has 0 radical (unpaired) electrons. The maximum Gasteiger partial charge on any atom is 0.151 e. The van der Waals surface area contributed by atoms with Crippen LogP contribution in [0.1, 0.15) is 11.3 Å². The molecule has 0 fully saturated rings. The first kappa shape index (κ1) is 17.1.